The first kappa shape index (κ1) is 13.9. The van der Waals surface area contributed by atoms with E-state index >= 15 is 0 Å². The molecular weight excluding hydrogens is 337 g/mol. The number of piperidine rings is 1. The Morgan fingerprint density at radius 2 is 2.06 bits per heavy atom. The normalized spacial score (nSPS) is 18.6. The van der Waals surface area contributed by atoms with Crippen LogP contribution < -0.4 is 11.1 Å². The molecular formula is C14H22IN3. The Hall–Kier alpha value is -0.490. The Balaban J connectivity index is 1.87. The van der Waals surface area contributed by atoms with Crippen molar-refractivity contribution in [2.24, 2.45) is 0 Å². The number of benzene rings is 1. The van der Waals surface area contributed by atoms with E-state index in [1.165, 1.54) is 35.9 Å². The Kier molecular flexibility index (Phi) is 5.12. The monoisotopic (exact) mass is 359 g/mol. The fraction of sp³-hybridized carbons (Fsp3) is 0.571. The lowest BCUT2D eigenvalue weighted by molar-refractivity contribution is 0.223. The summed E-state index contributed by atoms with van der Waals surface area (Å²) in [5, 5.41) is 3.51. The number of hydrogen-bond acceptors (Lipinski definition) is 3. The maximum absolute atomic E-state index is 6.02. The molecule has 0 radical (unpaired) electrons. The molecule has 1 heterocycles. The minimum atomic E-state index is 0.436. The lowest BCUT2D eigenvalue weighted by atomic mass is 10.1. The Labute approximate surface area is 123 Å². The number of nitrogens with one attached hydrogen (secondary N) is 1. The predicted octanol–water partition coefficient (Wildman–Crippen LogP) is 3.16. The summed E-state index contributed by atoms with van der Waals surface area (Å²) in [6.45, 7) is 5.82. The number of nitrogens with zero attached hydrogens (tertiary/aromatic N) is 1. The van der Waals surface area contributed by atoms with Crippen LogP contribution in [0, 0.1) is 3.57 Å². The van der Waals surface area contributed by atoms with Gasteiger partial charge < -0.3 is 16.0 Å². The van der Waals surface area contributed by atoms with Crippen molar-refractivity contribution in [2.75, 3.05) is 30.7 Å². The van der Waals surface area contributed by atoms with Gasteiger partial charge in [0.2, 0.25) is 0 Å². The highest BCUT2D eigenvalue weighted by molar-refractivity contribution is 14.1. The third-order valence-electron chi connectivity index (χ3n) is 3.40. The van der Waals surface area contributed by atoms with Crippen LogP contribution in [0.5, 0.6) is 0 Å². The molecule has 1 fully saturated rings. The van der Waals surface area contributed by atoms with Crippen LogP contribution >= 0.6 is 22.6 Å². The summed E-state index contributed by atoms with van der Waals surface area (Å²) in [6, 6.07) is 6.61. The average molecular weight is 359 g/mol. The largest absolute Gasteiger partial charge is 0.397 e. The van der Waals surface area contributed by atoms with E-state index in [2.05, 4.69) is 51.9 Å². The maximum Gasteiger partial charge on any atom is 0.0577 e. The van der Waals surface area contributed by atoms with E-state index in [-0.39, 0.29) is 0 Å². The number of nitrogen functional groups attached to an aromatic ring is 1. The third-order valence-corrected chi connectivity index (χ3v) is 4.07. The molecule has 3 nitrogen and oxygen atoms in total. The van der Waals surface area contributed by atoms with Crippen LogP contribution in [-0.2, 0) is 0 Å². The highest BCUT2D eigenvalue weighted by atomic mass is 127. The topological polar surface area (TPSA) is 41.3 Å². The highest BCUT2D eigenvalue weighted by Crippen LogP contribution is 2.22. The zero-order chi connectivity index (χ0) is 13.0. The van der Waals surface area contributed by atoms with Crippen molar-refractivity contribution >= 4 is 34.0 Å². The summed E-state index contributed by atoms with van der Waals surface area (Å²) < 4.78 is 1.18. The van der Waals surface area contributed by atoms with Crippen LogP contribution in [0.15, 0.2) is 18.2 Å². The summed E-state index contributed by atoms with van der Waals surface area (Å²) in [5.74, 6) is 0. The molecule has 1 aromatic rings. The molecule has 2 rings (SSSR count). The Bertz CT molecular complexity index is 389. The van der Waals surface area contributed by atoms with E-state index in [1.807, 2.05) is 6.07 Å². The third kappa shape index (κ3) is 4.02. The van der Waals surface area contributed by atoms with Gasteiger partial charge in [-0.15, -0.1) is 0 Å². The minimum absolute atomic E-state index is 0.436. The van der Waals surface area contributed by atoms with Gasteiger partial charge in [0.1, 0.15) is 0 Å². The number of nitrogens with two attached hydrogens (primary N) is 1. The molecule has 1 aliphatic heterocycles. The van der Waals surface area contributed by atoms with Gasteiger partial charge in [-0.2, -0.15) is 0 Å². The van der Waals surface area contributed by atoms with Crippen LogP contribution in [0.25, 0.3) is 0 Å². The van der Waals surface area contributed by atoms with Gasteiger partial charge in [-0.25, -0.2) is 0 Å². The fourth-order valence-corrected chi connectivity index (χ4v) is 3.02. The summed E-state index contributed by atoms with van der Waals surface area (Å²) in [5.41, 5.74) is 7.92. The first-order chi connectivity index (χ1) is 8.65. The van der Waals surface area contributed by atoms with Crippen LogP contribution in [0.4, 0.5) is 11.4 Å². The molecule has 1 atom stereocenters. The van der Waals surface area contributed by atoms with E-state index in [1.54, 1.807) is 0 Å². The summed E-state index contributed by atoms with van der Waals surface area (Å²) in [7, 11) is 0. The van der Waals surface area contributed by atoms with E-state index in [0.717, 1.165) is 17.9 Å². The van der Waals surface area contributed by atoms with Crippen molar-refractivity contribution < 1.29 is 0 Å². The van der Waals surface area contributed by atoms with Crippen molar-refractivity contribution in [3.8, 4) is 0 Å². The Morgan fingerprint density at radius 3 is 2.72 bits per heavy atom. The first-order valence-electron chi connectivity index (χ1n) is 6.69. The molecule has 1 aliphatic rings. The van der Waals surface area contributed by atoms with Crippen LogP contribution in [0.1, 0.15) is 26.2 Å². The Morgan fingerprint density at radius 1 is 1.33 bits per heavy atom. The van der Waals surface area contributed by atoms with Gasteiger partial charge in [-0.3, -0.25) is 0 Å². The molecule has 0 spiro atoms. The second-order valence-electron chi connectivity index (χ2n) is 5.14. The number of rotatable bonds is 4. The van der Waals surface area contributed by atoms with E-state index < -0.39 is 0 Å². The van der Waals surface area contributed by atoms with Crippen LogP contribution in [-0.4, -0.2) is 30.6 Å². The molecule has 0 aliphatic carbocycles. The second-order valence-corrected chi connectivity index (χ2v) is 6.38. The summed E-state index contributed by atoms with van der Waals surface area (Å²) in [4.78, 5) is 2.55. The zero-order valence-electron chi connectivity index (χ0n) is 11.0. The molecule has 4 heteroatoms. The van der Waals surface area contributed by atoms with Gasteiger partial charge >= 0.3 is 0 Å². The highest BCUT2D eigenvalue weighted by Gasteiger charge is 2.13. The number of hydrogen-bond donors (Lipinski definition) is 2. The quantitative estimate of drug-likeness (QED) is 0.641. The molecule has 100 valence electrons. The second kappa shape index (κ2) is 6.61. The lowest BCUT2D eigenvalue weighted by Crippen LogP contribution is -2.38. The molecule has 3 N–H and O–H groups in total. The van der Waals surface area contributed by atoms with Gasteiger partial charge in [-0.05, 0) is 73.6 Å². The van der Waals surface area contributed by atoms with Crippen molar-refractivity contribution in [3.63, 3.8) is 0 Å². The van der Waals surface area contributed by atoms with Crippen molar-refractivity contribution in [3.05, 3.63) is 21.8 Å². The molecule has 18 heavy (non-hydrogen) atoms. The van der Waals surface area contributed by atoms with E-state index in [4.69, 9.17) is 5.73 Å². The molecule has 1 aromatic carbocycles. The minimum Gasteiger partial charge on any atom is -0.397 e. The number of anilines is 2. The molecule has 1 saturated heterocycles. The maximum atomic E-state index is 6.02. The van der Waals surface area contributed by atoms with Gasteiger partial charge in [0.25, 0.3) is 0 Å². The van der Waals surface area contributed by atoms with Crippen molar-refractivity contribution in [1.29, 1.82) is 0 Å². The average Bonchev–Trinajstić information content (AvgIpc) is 2.34. The predicted molar refractivity (Wildman–Crippen MR) is 86.9 cm³/mol. The van der Waals surface area contributed by atoms with Gasteiger partial charge in [0, 0.05) is 16.2 Å². The molecule has 0 amide bonds. The fourth-order valence-electron chi connectivity index (χ4n) is 2.51. The molecule has 0 saturated carbocycles. The standard InChI is InChI=1S/C14H22IN3/c1-11(10-18-7-3-2-4-8-18)17-14-6-5-12(15)9-13(14)16/h5-6,9,11,17H,2-4,7-8,10,16H2,1H3. The van der Waals surface area contributed by atoms with Crippen molar-refractivity contribution in [1.82, 2.24) is 4.90 Å². The molecule has 0 aromatic heterocycles. The van der Waals surface area contributed by atoms with Gasteiger partial charge in [0.15, 0.2) is 0 Å². The summed E-state index contributed by atoms with van der Waals surface area (Å²) in [6.07, 6.45) is 4.08. The van der Waals surface area contributed by atoms with E-state index in [0.29, 0.717) is 6.04 Å². The van der Waals surface area contributed by atoms with Crippen LogP contribution in [0.2, 0.25) is 0 Å². The molecule has 1 unspecified atom stereocenters. The van der Waals surface area contributed by atoms with Crippen LogP contribution in [0.3, 0.4) is 0 Å². The van der Waals surface area contributed by atoms with E-state index in [9.17, 15) is 0 Å². The smallest absolute Gasteiger partial charge is 0.0577 e. The summed E-state index contributed by atoms with van der Waals surface area (Å²) >= 11 is 2.28. The SMILES string of the molecule is CC(CN1CCCCC1)Nc1ccc(I)cc1N. The van der Waals surface area contributed by atoms with Gasteiger partial charge in [-0.1, -0.05) is 6.42 Å². The first-order valence-corrected chi connectivity index (χ1v) is 7.77. The molecule has 0 bridgehead atoms. The number of halogens is 1. The lowest BCUT2D eigenvalue weighted by Gasteiger charge is -2.30. The van der Waals surface area contributed by atoms with Crippen molar-refractivity contribution in [2.45, 2.75) is 32.2 Å². The van der Waals surface area contributed by atoms with Gasteiger partial charge in [0.05, 0.1) is 11.4 Å². The number of likely N-dealkylation sites (tertiary alicyclic amines) is 1. The zero-order valence-corrected chi connectivity index (χ0v) is 13.1.